The van der Waals surface area contributed by atoms with Gasteiger partial charge < -0.3 is 10.2 Å². The SMILES string of the molecule is CC1(C)C(=O)CC[C@@]2(C)[C@@H]1CC[C@]1(C)[C@@H]2CC=C2[C@H]3C[C@](C)(C(=O)O)C[C@@H](O)[C@]3(C)CC[C@]21C. The molecule has 0 aromatic heterocycles. The Kier molecular flexibility index (Phi) is 5.04. The predicted octanol–water partition coefficient (Wildman–Crippen LogP) is 6.41. The highest BCUT2D eigenvalue weighted by Crippen LogP contribution is 2.75. The number of hydrogen-bond acceptors (Lipinski definition) is 3. The number of ketones is 1. The van der Waals surface area contributed by atoms with Crippen molar-refractivity contribution >= 4 is 11.8 Å². The van der Waals surface area contributed by atoms with Crippen LogP contribution in [0.25, 0.3) is 0 Å². The van der Waals surface area contributed by atoms with Gasteiger partial charge in [0.25, 0.3) is 0 Å². The van der Waals surface area contributed by atoms with Crippen LogP contribution in [0, 0.1) is 50.2 Å². The fraction of sp³-hybridized carbons (Fsp3) is 0.867. The van der Waals surface area contributed by atoms with Gasteiger partial charge in [0.2, 0.25) is 0 Å². The average Bonchev–Trinajstić information content (AvgIpc) is 2.73. The van der Waals surface area contributed by atoms with Gasteiger partial charge in [-0.2, -0.15) is 0 Å². The molecule has 5 aliphatic carbocycles. The average molecular weight is 471 g/mol. The molecule has 5 aliphatic rings. The van der Waals surface area contributed by atoms with Crippen LogP contribution in [0.4, 0.5) is 0 Å². The molecule has 4 heteroatoms. The zero-order valence-corrected chi connectivity index (χ0v) is 22.5. The van der Waals surface area contributed by atoms with Crippen molar-refractivity contribution in [1.29, 1.82) is 0 Å². The molecular formula is C30H46O4. The lowest BCUT2D eigenvalue weighted by Crippen LogP contribution is -2.65. The maximum atomic E-state index is 12.9. The first-order valence-electron chi connectivity index (χ1n) is 13.7. The zero-order chi connectivity index (χ0) is 25.1. The molecule has 0 spiro atoms. The number of allylic oxidation sites excluding steroid dienone is 2. The van der Waals surface area contributed by atoms with Gasteiger partial charge in [0, 0.05) is 17.3 Å². The molecule has 0 aliphatic heterocycles. The first-order valence-corrected chi connectivity index (χ1v) is 13.7. The molecule has 9 atom stereocenters. The van der Waals surface area contributed by atoms with Gasteiger partial charge in [-0.3, -0.25) is 9.59 Å². The molecule has 0 saturated heterocycles. The molecule has 0 bridgehead atoms. The molecule has 0 amide bonds. The third-order valence-corrected chi connectivity index (χ3v) is 13.2. The van der Waals surface area contributed by atoms with E-state index in [1.165, 1.54) is 5.57 Å². The number of hydrogen-bond donors (Lipinski definition) is 2. The maximum absolute atomic E-state index is 12.9. The van der Waals surface area contributed by atoms with Crippen LogP contribution >= 0.6 is 0 Å². The highest BCUT2D eigenvalue weighted by Gasteiger charge is 2.69. The van der Waals surface area contributed by atoms with Crippen molar-refractivity contribution in [2.45, 2.75) is 112 Å². The number of carboxylic acid groups (broad SMARTS) is 1. The van der Waals surface area contributed by atoms with Gasteiger partial charge in [-0.15, -0.1) is 0 Å². The third kappa shape index (κ3) is 2.75. The third-order valence-electron chi connectivity index (χ3n) is 13.2. The summed E-state index contributed by atoms with van der Waals surface area (Å²) in [5, 5.41) is 21.3. The summed E-state index contributed by atoms with van der Waals surface area (Å²) in [5.41, 5.74) is 0.360. The number of carbonyl (C=O) groups excluding carboxylic acids is 1. The van der Waals surface area contributed by atoms with Crippen LogP contribution in [-0.4, -0.2) is 28.1 Å². The molecule has 0 aromatic carbocycles. The molecule has 0 aromatic rings. The minimum atomic E-state index is -0.877. The van der Waals surface area contributed by atoms with Crippen molar-refractivity contribution < 1.29 is 19.8 Å². The van der Waals surface area contributed by atoms with Crippen LogP contribution in [0.15, 0.2) is 11.6 Å². The van der Waals surface area contributed by atoms with Crippen molar-refractivity contribution in [3.8, 4) is 0 Å². The molecule has 0 unspecified atom stereocenters. The maximum Gasteiger partial charge on any atom is 0.309 e. The van der Waals surface area contributed by atoms with Crippen molar-refractivity contribution in [3.63, 3.8) is 0 Å². The van der Waals surface area contributed by atoms with Gasteiger partial charge in [0.1, 0.15) is 5.78 Å². The molecule has 0 heterocycles. The van der Waals surface area contributed by atoms with Gasteiger partial charge in [-0.25, -0.2) is 0 Å². The Morgan fingerprint density at radius 1 is 0.912 bits per heavy atom. The molecule has 190 valence electrons. The summed E-state index contributed by atoms with van der Waals surface area (Å²) in [6.07, 6.45) is 9.84. The van der Waals surface area contributed by atoms with Crippen molar-refractivity contribution in [1.82, 2.24) is 0 Å². The lowest BCUT2D eigenvalue weighted by Gasteiger charge is -2.71. The Morgan fingerprint density at radius 2 is 1.59 bits per heavy atom. The Labute approximate surface area is 206 Å². The lowest BCUT2D eigenvalue weighted by atomic mass is 9.33. The minimum Gasteiger partial charge on any atom is -0.481 e. The number of aliphatic carboxylic acids is 1. The second-order valence-electron chi connectivity index (χ2n) is 14.8. The molecule has 5 rings (SSSR count). The van der Waals surface area contributed by atoms with E-state index in [-0.39, 0.29) is 33.0 Å². The number of Topliss-reactive ketones (excluding diaryl/α,β-unsaturated/α-hetero) is 1. The first-order chi connectivity index (χ1) is 15.6. The summed E-state index contributed by atoms with van der Waals surface area (Å²) in [5.74, 6) is 0.740. The molecule has 0 radical (unpaired) electrons. The molecule has 2 N–H and O–H groups in total. The van der Waals surface area contributed by atoms with E-state index in [0.717, 1.165) is 38.5 Å². The number of fused-ring (bicyclic) bond motifs is 7. The number of aliphatic hydroxyl groups excluding tert-OH is 1. The summed E-state index contributed by atoms with van der Waals surface area (Å²) >= 11 is 0. The molecule has 4 fully saturated rings. The standard InChI is InChI=1S/C30H46O4/c1-25(2)20-10-13-30(7)21(28(20,5)12-11-22(25)31)9-8-18-19-16-26(3,24(33)34)17-23(32)27(19,4)14-15-29(18,30)6/h8,19-21,23,32H,9-17H2,1-7H3,(H,33,34)/t19-,20-,21-,23-,26+,27-,28+,29-,30-/m1/s1. The second-order valence-corrected chi connectivity index (χ2v) is 14.8. The Balaban J connectivity index is 1.59. The van der Waals surface area contributed by atoms with E-state index < -0.39 is 17.5 Å². The largest absolute Gasteiger partial charge is 0.481 e. The van der Waals surface area contributed by atoms with Crippen molar-refractivity contribution in [2.24, 2.45) is 50.2 Å². The number of carbonyl (C=O) groups is 2. The number of aliphatic hydroxyl groups is 1. The minimum absolute atomic E-state index is 0.0101. The number of carboxylic acids is 1. The monoisotopic (exact) mass is 470 g/mol. The quantitative estimate of drug-likeness (QED) is 0.434. The van der Waals surface area contributed by atoms with E-state index in [1.807, 2.05) is 6.92 Å². The summed E-state index contributed by atoms with van der Waals surface area (Å²) in [4.78, 5) is 25.2. The van der Waals surface area contributed by atoms with Crippen molar-refractivity contribution in [3.05, 3.63) is 11.6 Å². The van der Waals surface area contributed by atoms with Crippen LogP contribution in [0.3, 0.4) is 0 Å². The van der Waals surface area contributed by atoms with Gasteiger partial charge in [0.15, 0.2) is 0 Å². The van der Waals surface area contributed by atoms with E-state index in [4.69, 9.17) is 0 Å². The van der Waals surface area contributed by atoms with Crippen LogP contribution in [0.2, 0.25) is 0 Å². The fourth-order valence-electron chi connectivity index (χ4n) is 10.5. The van der Waals surface area contributed by atoms with E-state index in [1.54, 1.807) is 0 Å². The van der Waals surface area contributed by atoms with Gasteiger partial charge >= 0.3 is 5.97 Å². The van der Waals surface area contributed by atoms with Crippen LogP contribution in [0.1, 0.15) is 106 Å². The molecule has 4 saturated carbocycles. The molecular weight excluding hydrogens is 424 g/mol. The number of rotatable bonds is 1. The Morgan fingerprint density at radius 3 is 2.24 bits per heavy atom. The van der Waals surface area contributed by atoms with Gasteiger partial charge in [0.05, 0.1) is 11.5 Å². The van der Waals surface area contributed by atoms with Crippen LogP contribution < -0.4 is 0 Å². The lowest BCUT2D eigenvalue weighted by molar-refractivity contribution is -0.193. The van der Waals surface area contributed by atoms with E-state index in [2.05, 4.69) is 47.6 Å². The summed E-state index contributed by atoms with van der Waals surface area (Å²) < 4.78 is 0. The van der Waals surface area contributed by atoms with Crippen LogP contribution in [0.5, 0.6) is 0 Å². The van der Waals surface area contributed by atoms with Crippen LogP contribution in [-0.2, 0) is 9.59 Å². The molecule has 4 nitrogen and oxygen atoms in total. The molecule has 34 heavy (non-hydrogen) atoms. The zero-order valence-electron chi connectivity index (χ0n) is 22.5. The van der Waals surface area contributed by atoms with Gasteiger partial charge in [-0.1, -0.05) is 53.2 Å². The highest BCUT2D eigenvalue weighted by atomic mass is 16.4. The highest BCUT2D eigenvalue weighted by molar-refractivity contribution is 5.85. The summed E-state index contributed by atoms with van der Waals surface area (Å²) in [6, 6.07) is 0. The summed E-state index contributed by atoms with van der Waals surface area (Å²) in [7, 11) is 0. The van der Waals surface area contributed by atoms with Crippen molar-refractivity contribution in [2.75, 3.05) is 0 Å². The van der Waals surface area contributed by atoms with Gasteiger partial charge in [-0.05, 0) is 92.3 Å². The van der Waals surface area contributed by atoms with E-state index >= 15 is 0 Å². The van der Waals surface area contributed by atoms with E-state index in [0.29, 0.717) is 36.9 Å². The topological polar surface area (TPSA) is 74.6 Å². The summed E-state index contributed by atoms with van der Waals surface area (Å²) in [6.45, 7) is 15.9. The second kappa shape index (κ2) is 6.99. The fourth-order valence-corrected chi connectivity index (χ4v) is 10.5. The smallest absolute Gasteiger partial charge is 0.309 e. The van der Waals surface area contributed by atoms with E-state index in [9.17, 15) is 19.8 Å². The Bertz CT molecular complexity index is 965. The normalized spacial score (nSPS) is 54.1. The predicted molar refractivity (Wildman–Crippen MR) is 133 cm³/mol. The Hall–Kier alpha value is -1.16. The first kappa shape index (κ1) is 24.5.